The number of carbonyl (C=O) groups excluding carboxylic acids is 1. The van der Waals surface area contributed by atoms with Crippen molar-refractivity contribution in [1.29, 1.82) is 0 Å². The summed E-state index contributed by atoms with van der Waals surface area (Å²) in [5.41, 5.74) is 1.50. The van der Waals surface area contributed by atoms with E-state index >= 15 is 0 Å². The van der Waals surface area contributed by atoms with Crippen molar-refractivity contribution < 1.29 is 9.53 Å². The largest absolute Gasteiger partial charge is 0.496 e. The number of benzene rings is 1. The molecule has 6 heteroatoms. The van der Waals surface area contributed by atoms with Gasteiger partial charge >= 0.3 is 0 Å². The number of carbonyl (C=O) groups is 1. The average Bonchev–Trinajstić information content (AvgIpc) is 3.03. The van der Waals surface area contributed by atoms with Gasteiger partial charge in [0, 0.05) is 22.3 Å². The Labute approximate surface area is 164 Å². The predicted molar refractivity (Wildman–Crippen MR) is 108 cm³/mol. The molecule has 4 nitrogen and oxygen atoms in total. The van der Waals surface area contributed by atoms with Gasteiger partial charge in [-0.3, -0.25) is 8.75 Å². The highest BCUT2D eigenvalue weighted by Gasteiger charge is 2.20. The second kappa shape index (κ2) is 8.87. The maximum Gasteiger partial charge on any atom is 0.282 e. The Morgan fingerprint density at radius 3 is 2.69 bits per heavy atom. The molecule has 1 aromatic heterocycles. The van der Waals surface area contributed by atoms with Crippen molar-refractivity contribution >= 4 is 29.0 Å². The lowest BCUT2D eigenvalue weighted by molar-refractivity contribution is 0.0996. The van der Waals surface area contributed by atoms with E-state index in [-0.39, 0.29) is 11.4 Å². The van der Waals surface area contributed by atoms with E-state index in [1.54, 1.807) is 18.2 Å². The minimum absolute atomic E-state index is 0.00378. The van der Waals surface area contributed by atoms with Gasteiger partial charge in [-0.05, 0) is 62.8 Å². The van der Waals surface area contributed by atoms with Crippen LogP contribution in [0.2, 0.25) is 5.02 Å². The Bertz CT molecular complexity index is 837. The van der Waals surface area contributed by atoms with Crippen molar-refractivity contribution in [3.05, 3.63) is 45.2 Å². The van der Waals surface area contributed by atoms with Crippen molar-refractivity contribution in [1.82, 2.24) is 3.96 Å². The molecule has 0 N–H and O–H groups in total. The van der Waals surface area contributed by atoms with E-state index in [2.05, 4.69) is 42.8 Å². The van der Waals surface area contributed by atoms with Gasteiger partial charge in [0.15, 0.2) is 0 Å². The first-order valence-corrected chi connectivity index (χ1v) is 10.1. The highest BCUT2D eigenvalue weighted by Crippen LogP contribution is 2.24. The van der Waals surface area contributed by atoms with Gasteiger partial charge in [-0.2, -0.15) is 4.99 Å². The van der Waals surface area contributed by atoms with Gasteiger partial charge in [0.25, 0.3) is 5.91 Å². The molecular formula is C20H27ClN2O2S. The van der Waals surface area contributed by atoms with E-state index < -0.39 is 0 Å². The summed E-state index contributed by atoms with van der Waals surface area (Å²) in [5.74, 6) is 0.155. The quantitative estimate of drug-likeness (QED) is 0.627. The van der Waals surface area contributed by atoms with E-state index in [4.69, 9.17) is 16.3 Å². The van der Waals surface area contributed by atoms with E-state index in [0.29, 0.717) is 16.3 Å². The fraction of sp³-hybridized carbons (Fsp3) is 0.500. The van der Waals surface area contributed by atoms with Crippen LogP contribution < -0.4 is 9.41 Å². The van der Waals surface area contributed by atoms with Crippen LogP contribution in [0.5, 0.6) is 5.75 Å². The summed E-state index contributed by atoms with van der Waals surface area (Å²) in [4.78, 5) is 17.2. The van der Waals surface area contributed by atoms with Crippen molar-refractivity contribution in [2.45, 2.75) is 58.9 Å². The highest BCUT2D eigenvalue weighted by atomic mass is 35.5. The summed E-state index contributed by atoms with van der Waals surface area (Å²) < 4.78 is 8.27. The van der Waals surface area contributed by atoms with Gasteiger partial charge in [0.2, 0.25) is 0 Å². The molecule has 0 fully saturated rings. The van der Waals surface area contributed by atoms with Crippen LogP contribution >= 0.6 is 23.1 Å². The summed E-state index contributed by atoms with van der Waals surface area (Å²) in [6.45, 7) is 8.71. The van der Waals surface area contributed by atoms with Crippen molar-refractivity contribution in [3.63, 3.8) is 0 Å². The molecule has 0 aliphatic rings. The zero-order valence-electron chi connectivity index (χ0n) is 16.1. The number of amides is 1. The van der Waals surface area contributed by atoms with Crippen molar-refractivity contribution in [3.8, 4) is 5.75 Å². The molecule has 1 amide bonds. The summed E-state index contributed by atoms with van der Waals surface area (Å²) in [7, 11) is 1.54. The Balaban J connectivity index is 2.51. The van der Waals surface area contributed by atoms with Crippen LogP contribution in [0.3, 0.4) is 0 Å². The van der Waals surface area contributed by atoms with Crippen LogP contribution in [0.1, 0.15) is 62.9 Å². The van der Waals surface area contributed by atoms with Crippen LogP contribution in [0.4, 0.5) is 0 Å². The van der Waals surface area contributed by atoms with Gasteiger partial charge < -0.3 is 4.74 Å². The topological polar surface area (TPSA) is 43.6 Å². The SMILES string of the molecule is CCCCc1cn(C(C)(C)CC)sc1=NC(=O)c1cc(Cl)ccc1OC. The third-order valence-corrected chi connectivity index (χ3v) is 6.15. The Morgan fingerprint density at radius 2 is 2.08 bits per heavy atom. The molecule has 1 aromatic carbocycles. The molecule has 26 heavy (non-hydrogen) atoms. The van der Waals surface area contributed by atoms with Crippen molar-refractivity contribution in [2.75, 3.05) is 7.11 Å². The number of rotatable bonds is 7. The first-order chi connectivity index (χ1) is 12.3. The fourth-order valence-electron chi connectivity index (χ4n) is 2.46. The minimum Gasteiger partial charge on any atom is -0.496 e. The molecule has 142 valence electrons. The maximum absolute atomic E-state index is 12.8. The lowest BCUT2D eigenvalue weighted by Crippen LogP contribution is -2.22. The molecule has 0 aliphatic carbocycles. The van der Waals surface area contributed by atoms with Crippen LogP contribution in [0.15, 0.2) is 29.4 Å². The van der Waals surface area contributed by atoms with Gasteiger partial charge in [0.1, 0.15) is 10.4 Å². The molecule has 0 spiro atoms. The second-order valence-corrected chi connectivity index (χ2v) is 8.31. The van der Waals surface area contributed by atoms with E-state index in [1.165, 1.54) is 18.6 Å². The number of unbranched alkanes of at least 4 members (excludes halogenated alkanes) is 1. The van der Waals surface area contributed by atoms with Gasteiger partial charge in [-0.15, -0.1) is 0 Å². The molecule has 0 bridgehead atoms. The van der Waals surface area contributed by atoms with Gasteiger partial charge in [-0.1, -0.05) is 31.9 Å². The number of hydrogen-bond acceptors (Lipinski definition) is 3. The standard InChI is InChI=1S/C20H27ClN2O2S/c1-6-8-9-14-13-23(20(3,4)7-2)26-19(14)22-18(24)16-12-15(21)10-11-17(16)25-5/h10-13H,6-9H2,1-5H3. The molecule has 2 rings (SSSR count). The number of aromatic nitrogens is 1. The summed E-state index contributed by atoms with van der Waals surface area (Å²) in [6.07, 6.45) is 6.23. The molecule has 0 saturated carbocycles. The number of aryl methyl sites for hydroxylation is 1. The molecule has 1 heterocycles. The lowest BCUT2D eigenvalue weighted by atomic mass is 10.0. The first-order valence-electron chi connectivity index (χ1n) is 8.97. The van der Waals surface area contributed by atoms with Gasteiger partial charge in [-0.25, -0.2) is 0 Å². The molecular weight excluding hydrogens is 368 g/mol. The molecule has 0 unspecified atom stereocenters. The third-order valence-electron chi connectivity index (χ3n) is 4.59. The summed E-state index contributed by atoms with van der Waals surface area (Å²) >= 11 is 7.59. The van der Waals surface area contributed by atoms with Crippen molar-refractivity contribution in [2.24, 2.45) is 4.99 Å². The number of halogens is 1. The van der Waals surface area contributed by atoms with Crippen LogP contribution in [0.25, 0.3) is 0 Å². The molecule has 0 radical (unpaired) electrons. The minimum atomic E-state index is -0.328. The van der Waals surface area contributed by atoms with E-state index in [9.17, 15) is 4.79 Å². The van der Waals surface area contributed by atoms with Crippen LogP contribution in [-0.2, 0) is 12.0 Å². The van der Waals surface area contributed by atoms with Gasteiger partial charge in [0.05, 0.1) is 12.7 Å². The van der Waals surface area contributed by atoms with Crippen LogP contribution in [-0.4, -0.2) is 17.0 Å². The first kappa shape index (κ1) is 20.7. The Hall–Kier alpha value is -1.59. The molecule has 0 atom stereocenters. The van der Waals surface area contributed by atoms with E-state index in [1.807, 2.05) is 0 Å². The highest BCUT2D eigenvalue weighted by molar-refractivity contribution is 7.04. The molecule has 0 saturated heterocycles. The number of hydrogen-bond donors (Lipinski definition) is 0. The Kier molecular flexibility index (Phi) is 7.07. The number of methoxy groups -OCH3 is 1. The third kappa shape index (κ3) is 4.77. The monoisotopic (exact) mass is 394 g/mol. The summed E-state index contributed by atoms with van der Waals surface area (Å²) in [5, 5.41) is 0.490. The second-order valence-electron chi connectivity index (χ2n) is 6.91. The smallest absolute Gasteiger partial charge is 0.282 e. The van der Waals surface area contributed by atoms with Crippen LogP contribution in [0, 0.1) is 0 Å². The Morgan fingerprint density at radius 1 is 1.35 bits per heavy atom. The zero-order chi connectivity index (χ0) is 19.3. The van der Waals surface area contributed by atoms with E-state index in [0.717, 1.165) is 35.9 Å². The number of ether oxygens (including phenoxy) is 1. The fourth-order valence-corrected chi connectivity index (χ4v) is 3.77. The molecule has 2 aromatic rings. The maximum atomic E-state index is 12.8. The summed E-state index contributed by atoms with van der Waals surface area (Å²) in [6, 6.07) is 5.00. The zero-order valence-corrected chi connectivity index (χ0v) is 17.7. The predicted octanol–water partition coefficient (Wildman–Crippen LogP) is 5.44. The molecule has 0 aliphatic heterocycles. The normalized spacial score (nSPS) is 12.5. The number of nitrogens with zero attached hydrogens (tertiary/aromatic N) is 2. The average molecular weight is 395 g/mol. The lowest BCUT2D eigenvalue weighted by Gasteiger charge is -2.23.